The van der Waals surface area contributed by atoms with Crippen molar-refractivity contribution in [3.63, 3.8) is 0 Å². The van der Waals surface area contributed by atoms with Gasteiger partial charge in [-0.2, -0.15) is 0 Å². The molecule has 1 aliphatic rings. The molecule has 0 aromatic carbocycles. The van der Waals surface area contributed by atoms with Crippen LogP contribution in [-0.4, -0.2) is 29.7 Å². The molecule has 16 heavy (non-hydrogen) atoms. The average Bonchev–Trinajstić information content (AvgIpc) is 2.75. The maximum Gasteiger partial charge on any atom is 0.104 e. The molecular weight excluding hydrogens is 218 g/mol. The van der Waals surface area contributed by atoms with Crippen LogP contribution in [0, 0.1) is 11.8 Å². The summed E-state index contributed by atoms with van der Waals surface area (Å²) in [7, 11) is 0. The third-order valence-corrected chi connectivity index (χ3v) is 3.77. The number of likely N-dealkylation sites (tertiary alicyclic amines) is 1. The monoisotopic (exact) mass is 235 g/mol. The Balaban J connectivity index is 1.91. The van der Waals surface area contributed by atoms with Crippen molar-refractivity contribution in [1.29, 1.82) is 0 Å². The molecule has 1 fully saturated rings. The lowest BCUT2D eigenvalue weighted by molar-refractivity contribution is 0.222. The Labute approximate surface area is 101 Å². The molecular formula is C13H17NOS. The SMILES string of the molecule is OCC#Cc1ccc(CN2CCCCC2)s1. The third kappa shape index (κ3) is 3.34. The van der Waals surface area contributed by atoms with Crippen LogP contribution in [0.1, 0.15) is 29.0 Å². The van der Waals surface area contributed by atoms with Crippen molar-refractivity contribution in [2.24, 2.45) is 0 Å². The quantitative estimate of drug-likeness (QED) is 0.793. The molecule has 0 bridgehead atoms. The zero-order chi connectivity index (χ0) is 11.2. The molecule has 0 unspecified atom stereocenters. The highest BCUT2D eigenvalue weighted by Gasteiger charge is 2.11. The summed E-state index contributed by atoms with van der Waals surface area (Å²) in [5.41, 5.74) is 0. The van der Waals surface area contributed by atoms with Gasteiger partial charge in [-0.1, -0.05) is 18.3 Å². The standard InChI is InChI=1S/C13H17NOS/c15-10-4-5-12-6-7-13(16-12)11-14-8-2-1-3-9-14/h6-7,15H,1-3,8-11H2. The van der Waals surface area contributed by atoms with Crippen molar-refractivity contribution in [3.05, 3.63) is 21.9 Å². The molecule has 1 aliphatic heterocycles. The van der Waals surface area contributed by atoms with E-state index in [4.69, 9.17) is 5.11 Å². The smallest absolute Gasteiger partial charge is 0.104 e. The molecule has 1 saturated heterocycles. The molecule has 2 heterocycles. The largest absolute Gasteiger partial charge is 0.384 e. The molecule has 0 amide bonds. The number of aliphatic hydroxyl groups is 1. The fourth-order valence-electron chi connectivity index (χ4n) is 1.99. The van der Waals surface area contributed by atoms with E-state index in [1.807, 2.05) is 6.07 Å². The fourth-order valence-corrected chi connectivity index (χ4v) is 2.92. The van der Waals surface area contributed by atoms with E-state index in [0.29, 0.717) is 0 Å². The zero-order valence-corrected chi connectivity index (χ0v) is 10.2. The second-order valence-electron chi connectivity index (χ2n) is 4.06. The molecule has 0 spiro atoms. The summed E-state index contributed by atoms with van der Waals surface area (Å²) in [6, 6.07) is 4.20. The number of rotatable bonds is 2. The summed E-state index contributed by atoms with van der Waals surface area (Å²) in [6.45, 7) is 3.47. The molecule has 2 nitrogen and oxygen atoms in total. The minimum absolute atomic E-state index is 0.0562. The predicted octanol–water partition coefficient (Wildman–Crippen LogP) is 2.08. The Bertz CT molecular complexity index is 382. The van der Waals surface area contributed by atoms with Gasteiger partial charge in [0, 0.05) is 11.4 Å². The van der Waals surface area contributed by atoms with Gasteiger partial charge >= 0.3 is 0 Å². The molecule has 1 N–H and O–H groups in total. The molecule has 2 rings (SSSR count). The van der Waals surface area contributed by atoms with Crippen molar-refractivity contribution in [2.45, 2.75) is 25.8 Å². The van der Waals surface area contributed by atoms with Crippen LogP contribution in [-0.2, 0) is 6.54 Å². The van der Waals surface area contributed by atoms with Crippen LogP contribution in [0.4, 0.5) is 0 Å². The minimum Gasteiger partial charge on any atom is -0.384 e. The second-order valence-corrected chi connectivity index (χ2v) is 5.23. The highest BCUT2D eigenvalue weighted by atomic mass is 32.1. The van der Waals surface area contributed by atoms with Crippen molar-refractivity contribution >= 4 is 11.3 Å². The van der Waals surface area contributed by atoms with E-state index in [1.54, 1.807) is 11.3 Å². The van der Waals surface area contributed by atoms with Crippen molar-refractivity contribution in [2.75, 3.05) is 19.7 Å². The first-order valence-electron chi connectivity index (χ1n) is 5.79. The summed E-state index contributed by atoms with van der Waals surface area (Å²) in [5.74, 6) is 5.64. The highest BCUT2D eigenvalue weighted by Crippen LogP contribution is 2.19. The summed E-state index contributed by atoms with van der Waals surface area (Å²) in [4.78, 5) is 4.95. The Morgan fingerprint density at radius 1 is 1.25 bits per heavy atom. The molecule has 86 valence electrons. The maximum absolute atomic E-state index is 8.62. The number of thiophene rings is 1. The zero-order valence-electron chi connectivity index (χ0n) is 9.41. The van der Waals surface area contributed by atoms with Crippen LogP contribution >= 0.6 is 11.3 Å². The highest BCUT2D eigenvalue weighted by molar-refractivity contribution is 7.12. The molecule has 0 atom stereocenters. The van der Waals surface area contributed by atoms with Gasteiger partial charge in [0.05, 0.1) is 4.88 Å². The van der Waals surface area contributed by atoms with Crippen LogP contribution in [0.3, 0.4) is 0 Å². The molecule has 3 heteroatoms. The van der Waals surface area contributed by atoms with Gasteiger partial charge in [-0.05, 0) is 38.1 Å². The molecule has 0 saturated carbocycles. The lowest BCUT2D eigenvalue weighted by Crippen LogP contribution is -2.28. The lowest BCUT2D eigenvalue weighted by atomic mass is 10.1. The van der Waals surface area contributed by atoms with E-state index in [9.17, 15) is 0 Å². The van der Waals surface area contributed by atoms with Crippen LogP contribution in [0.5, 0.6) is 0 Å². The van der Waals surface area contributed by atoms with Gasteiger partial charge in [-0.25, -0.2) is 0 Å². The molecule has 1 aromatic heterocycles. The van der Waals surface area contributed by atoms with E-state index in [1.165, 1.54) is 37.2 Å². The van der Waals surface area contributed by atoms with Crippen molar-refractivity contribution in [1.82, 2.24) is 4.90 Å². The van der Waals surface area contributed by atoms with Gasteiger partial charge in [0.25, 0.3) is 0 Å². The Morgan fingerprint density at radius 3 is 2.81 bits per heavy atom. The Morgan fingerprint density at radius 2 is 2.06 bits per heavy atom. The van der Waals surface area contributed by atoms with Crippen LogP contribution < -0.4 is 0 Å². The molecule has 1 aromatic rings. The maximum atomic E-state index is 8.62. The number of hydrogen-bond donors (Lipinski definition) is 1. The van der Waals surface area contributed by atoms with Crippen LogP contribution in [0.25, 0.3) is 0 Å². The van der Waals surface area contributed by atoms with Gasteiger partial charge < -0.3 is 5.11 Å². The van der Waals surface area contributed by atoms with Crippen molar-refractivity contribution in [3.8, 4) is 11.8 Å². The van der Waals surface area contributed by atoms with Gasteiger partial charge in [0.15, 0.2) is 0 Å². The van der Waals surface area contributed by atoms with Gasteiger partial charge in [-0.15, -0.1) is 11.3 Å². The van der Waals surface area contributed by atoms with E-state index >= 15 is 0 Å². The lowest BCUT2D eigenvalue weighted by Gasteiger charge is -2.25. The van der Waals surface area contributed by atoms with Crippen molar-refractivity contribution < 1.29 is 5.11 Å². The van der Waals surface area contributed by atoms with E-state index in [-0.39, 0.29) is 6.61 Å². The molecule has 0 radical (unpaired) electrons. The van der Waals surface area contributed by atoms with Crippen LogP contribution in [0.15, 0.2) is 12.1 Å². The average molecular weight is 235 g/mol. The first-order chi connectivity index (χ1) is 7.88. The minimum atomic E-state index is -0.0562. The number of nitrogens with zero attached hydrogens (tertiary/aromatic N) is 1. The Kier molecular flexibility index (Phi) is 4.41. The summed E-state index contributed by atoms with van der Waals surface area (Å²) >= 11 is 1.74. The van der Waals surface area contributed by atoms with Gasteiger partial charge in [0.1, 0.15) is 6.61 Å². The third-order valence-electron chi connectivity index (χ3n) is 2.78. The molecule has 0 aliphatic carbocycles. The van der Waals surface area contributed by atoms with Gasteiger partial charge in [0.2, 0.25) is 0 Å². The summed E-state index contributed by atoms with van der Waals surface area (Å²) in [5, 5.41) is 8.62. The predicted molar refractivity (Wildman–Crippen MR) is 67.4 cm³/mol. The normalized spacial score (nSPS) is 16.8. The Hall–Kier alpha value is -0.820. The fraction of sp³-hybridized carbons (Fsp3) is 0.538. The van der Waals surface area contributed by atoms with Crippen LogP contribution in [0.2, 0.25) is 0 Å². The number of piperidine rings is 1. The topological polar surface area (TPSA) is 23.5 Å². The summed E-state index contributed by atoms with van der Waals surface area (Å²) in [6.07, 6.45) is 4.05. The number of aliphatic hydroxyl groups excluding tert-OH is 1. The first kappa shape index (κ1) is 11.7. The summed E-state index contributed by atoms with van der Waals surface area (Å²) < 4.78 is 0. The van der Waals surface area contributed by atoms with Gasteiger partial charge in [-0.3, -0.25) is 4.90 Å². The second kappa shape index (κ2) is 6.05. The first-order valence-corrected chi connectivity index (χ1v) is 6.61. The number of hydrogen-bond acceptors (Lipinski definition) is 3. The van der Waals surface area contributed by atoms with E-state index in [0.717, 1.165) is 11.4 Å². The van der Waals surface area contributed by atoms with E-state index in [2.05, 4.69) is 22.8 Å². The van der Waals surface area contributed by atoms with E-state index < -0.39 is 0 Å².